The zero-order chi connectivity index (χ0) is 19.7. The van der Waals surface area contributed by atoms with Crippen LogP contribution in [0.5, 0.6) is 0 Å². The number of benzene rings is 3. The van der Waals surface area contributed by atoms with Crippen LogP contribution in [0.15, 0.2) is 81.7 Å². The Morgan fingerprint density at radius 1 is 0.857 bits per heavy atom. The summed E-state index contributed by atoms with van der Waals surface area (Å²) in [7, 11) is 0. The fraction of sp³-hybridized carbons (Fsp3) is 0.0870. The van der Waals surface area contributed by atoms with Crippen molar-refractivity contribution in [2.75, 3.05) is 0 Å². The lowest BCUT2D eigenvalue weighted by Gasteiger charge is -2.09. The molecule has 0 bridgehead atoms. The second-order valence-electron chi connectivity index (χ2n) is 6.67. The number of aromatic nitrogens is 2. The number of aryl methyl sites for hydroxylation is 1. The van der Waals surface area contributed by atoms with E-state index in [0.29, 0.717) is 11.6 Å². The number of nitrogens with zero attached hydrogens (tertiary/aromatic N) is 2. The summed E-state index contributed by atoms with van der Waals surface area (Å²) >= 11 is 13.9. The molecule has 0 saturated carbocycles. The number of rotatable bonds is 4. The average Bonchev–Trinajstić information content (AvgIpc) is 2.99. The zero-order valence-electron chi connectivity index (χ0n) is 15.2. The predicted molar refractivity (Wildman–Crippen MR) is 124 cm³/mol. The van der Waals surface area contributed by atoms with Gasteiger partial charge in [-0.3, -0.25) is 4.68 Å². The molecule has 0 amide bonds. The molecule has 2 nitrogen and oxygen atoms in total. The van der Waals surface area contributed by atoms with Crippen LogP contribution in [-0.2, 0) is 6.54 Å². The summed E-state index contributed by atoms with van der Waals surface area (Å²) in [6.45, 7) is 2.76. The maximum atomic E-state index is 6.87. The van der Waals surface area contributed by atoms with Crippen LogP contribution in [0.1, 0.15) is 11.1 Å². The highest BCUT2D eigenvalue weighted by Gasteiger charge is 2.19. The predicted octanol–water partition coefficient (Wildman–Crippen LogP) is 7.75. The van der Waals surface area contributed by atoms with Gasteiger partial charge in [0.1, 0.15) is 5.69 Å². The van der Waals surface area contributed by atoms with E-state index in [4.69, 9.17) is 16.7 Å². The molecule has 28 heavy (non-hydrogen) atoms. The largest absolute Gasteiger partial charge is 0.258 e. The minimum absolute atomic E-state index is 0.656. The molecule has 5 heteroatoms. The van der Waals surface area contributed by atoms with Gasteiger partial charge in [0.2, 0.25) is 0 Å². The molecule has 0 fully saturated rings. The van der Waals surface area contributed by atoms with E-state index in [-0.39, 0.29) is 0 Å². The highest BCUT2D eigenvalue weighted by Crippen LogP contribution is 2.37. The highest BCUT2D eigenvalue weighted by atomic mass is 79.9. The minimum Gasteiger partial charge on any atom is -0.258 e. The van der Waals surface area contributed by atoms with Gasteiger partial charge in [-0.25, -0.2) is 0 Å². The molecule has 0 saturated heterocycles. The van der Waals surface area contributed by atoms with Gasteiger partial charge < -0.3 is 0 Å². The van der Waals surface area contributed by atoms with Crippen molar-refractivity contribution in [2.24, 2.45) is 0 Å². The Labute approximate surface area is 186 Å². The third kappa shape index (κ3) is 4.09. The first kappa shape index (κ1) is 19.4. The lowest BCUT2D eigenvalue weighted by atomic mass is 10.1. The molecule has 0 aliphatic carbocycles. The molecule has 4 aromatic rings. The molecule has 4 rings (SSSR count). The van der Waals surface area contributed by atoms with Crippen LogP contribution in [0.2, 0.25) is 5.02 Å². The van der Waals surface area contributed by atoms with Gasteiger partial charge in [-0.2, -0.15) is 5.10 Å². The van der Waals surface area contributed by atoms with Crippen molar-refractivity contribution in [1.29, 1.82) is 0 Å². The Kier molecular flexibility index (Phi) is 5.72. The zero-order valence-corrected chi connectivity index (χ0v) is 19.1. The van der Waals surface area contributed by atoms with E-state index < -0.39 is 0 Å². The van der Waals surface area contributed by atoms with E-state index >= 15 is 0 Å². The second-order valence-corrected chi connectivity index (χ2v) is 8.88. The lowest BCUT2D eigenvalue weighted by Crippen LogP contribution is -2.04. The van der Waals surface area contributed by atoms with Gasteiger partial charge in [-0.05, 0) is 36.8 Å². The molecule has 0 spiro atoms. The van der Waals surface area contributed by atoms with Gasteiger partial charge in [0.25, 0.3) is 0 Å². The van der Waals surface area contributed by atoms with E-state index in [2.05, 4.69) is 75.2 Å². The van der Waals surface area contributed by atoms with E-state index in [1.54, 1.807) is 0 Å². The van der Waals surface area contributed by atoms with Crippen LogP contribution in [0, 0.1) is 6.92 Å². The maximum absolute atomic E-state index is 6.87. The molecule has 3 aromatic carbocycles. The fourth-order valence-electron chi connectivity index (χ4n) is 3.21. The Morgan fingerprint density at radius 2 is 1.46 bits per heavy atom. The van der Waals surface area contributed by atoms with Crippen LogP contribution in [0.25, 0.3) is 22.5 Å². The minimum atomic E-state index is 0.656. The Bertz CT molecular complexity index is 1120. The Balaban J connectivity index is 1.86. The van der Waals surface area contributed by atoms with Crippen molar-refractivity contribution in [3.63, 3.8) is 0 Å². The van der Waals surface area contributed by atoms with E-state index in [1.165, 1.54) is 11.1 Å². The molecule has 1 aromatic heterocycles. The van der Waals surface area contributed by atoms with Gasteiger partial charge in [0.05, 0.1) is 17.3 Å². The van der Waals surface area contributed by atoms with Crippen LogP contribution in [0.3, 0.4) is 0 Å². The maximum Gasteiger partial charge on any atom is 0.112 e. The summed E-state index contributed by atoms with van der Waals surface area (Å²) in [4.78, 5) is 0. The van der Waals surface area contributed by atoms with E-state index in [1.807, 2.05) is 41.1 Å². The summed E-state index contributed by atoms with van der Waals surface area (Å²) in [6.07, 6.45) is 0. The van der Waals surface area contributed by atoms with E-state index in [0.717, 1.165) is 31.5 Å². The molecule has 0 atom stereocenters. The van der Waals surface area contributed by atoms with Gasteiger partial charge in [-0.15, -0.1) is 0 Å². The number of halogens is 3. The molecular weight excluding hydrogens is 500 g/mol. The van der Waals surface area contributed by atoms with Crippen LogP contribution in [0.4, 0.5) is 0 Å². The first-order valence-corrected chi connectivity index (χ1v) is 10.8. The van der Waals surface area contributed by atoms with Crippen LogP contribution >= 0.6 is 43.5 Å². The number of hydrogen-bond acceptors (Lipinski definition) is 1. The average molecular weight is 517 g/mol. The third-order valence-electron chi connectivity index (χ3n) is 4.54. The van der Waals surface area contributed by atoms with Crippen molar-refractivity contribution in [2.45, 2.75) is 13.5 Å². The second kappa shape index (κ2) is 8.24. The molecule has 0 unspecified atom stereocenters. The summed E-state index contributed by atoms with van der Waals surface area (Å²) in [5, 5.41) is 5.56. The van der Waals surface area contributed by atoms with Crippen molar-refractivity contribution >= 4 is 43.5 Å². The molecule has 0 aliphatic heterocycles. The SMILES string of the molecule is Cc1cccc(Cn2nc(-c3ccc(Br)cc3)c(Cl)c2-c2ccc(Br)cc2)c1. The van der Waals surface area contributed by atoms with Crippen molar-refractivity contribution in [1.82, 2.24) is 9.78 Å². The highest BCUT2D eigenvalue weighted by molar-refractivity contribution is 9.10. The molecule has 0 radical (unpaired) electrons. The van der Waals surface area contributed by atoms with Gasteiger partial charge in [0, 0.05) is 20.1 Å². The first-order chi connectivity index (χ1) is 13.5. The molecule has 140 valence electrons. The summed E-state index contributed by atoms with van der Waals surface area (Å²) in [5.74, 6) is 0. The summed E-state index contributed by atoms with van der Waals surface area (Å²) in [5.41, 5.74) is 6.17. The standard InChI is InChI=1S/C23H17Br2ClN2/c1-15-3-2-4-16(13-15)14-28-23(18-7-11-20(25)12-8-18)21(26)22(27-28)17-5-9-19(24)10-6-17/h2-13H,14H2,1H3. The monoisotopic (exact) mass is 514 g/mol. The third-order valence-corrected chi connectivity index (χ3v) is 5.96. The molecule has 0 N–H and O–H groups in total. The smallest absolute Gasteiger partial charge is 0.112 e. The Hall–Kier alpha value is -1.88. The van der Waals surface area contributed by atoms with Gasteiger partial charge >= 0.3 is 0 Å². The normalized spacial score (nSPS) is 11.0. The molecule has 0 aliphatic rings. The van der Waals surface area contributed by atoms with Crippen LogP contribution < -0.4 is 0 Å². The quantitative estimate of drug-likeness (QED) is 0.271. The molecule has 1 heterocycles. The summed E-state index contributed by atoms with van der Waals surface area (Å²) < 4.78 is 4.06. The summed E-state index contributed by atoms with van der Waals surface area (Å²) in [6, 6.07) is 24.7. The van der Waals surface area contributed by atoms with Crippen molar-refractivity contribution in [3.05, 3.63) is 97.9 Å². The topological polar surface area (TPSA) is 17.8 Å². The van der Waals surface area contributed by atoms with Crippen molar-refractivity contribution in [3.8, 4) is 22.5 Å². The van der Waals surface area contributed by atoms with Gasteiger partial charge in [-0.1, -0.05) is 97.6 Å². The lowest BCUT2D eigenvalue weighted by molar-refractivity contribution is 0.696. The molecular formula is C23H17Br2ClN2. The number of hydrogen-bond donors (Lipinski definition) is 0. The fourth-order valence-corrected chi connectivity index (χ4v) is 4.10. The Morgan fingerprint density at radius 3 is 2.07 bits per heavy atom. The van der Waals surface area contributed by atoms with Crippen LogP contribution in [-0.4, -0.2) is 9.78 Å². The first-order valence-electron chi connectivity index (χ1n) is 8.85. The van der Waals surface area contributed by atoms with Gasteiger partial charge in [0.15, 0.2) is 0 Å². The van der Waals surface area contributed by atoms with Crippen molar-refractivity contribution < 1.29 is 0 Å². The van der Waals surface area contributed by atoms with E-state index in [9.17, 15) is 0 Å².